The van der Waals surface area contributed by atoms with Crippen LogP contribution in [0.3, 0.4) is 0 Å². The van der Waals surface area contributed by atoms with Gasteiger partial charge in [0.15, 0.2) is 0 Å². The van der Waals surface area contributed by atoms with Gasteiger partial charge in [-0.05, 0) is 26.9 Å². The summed E-state index contributed by atoms with van der Waals surface area (Å²) in [7, 11) is 4.27. The second kappa shape index (κ2) is 17.7. The Bertz CT molecular complexity index is 153. The van der Waals surface area contributed by atoms with E-state index in [9.17, 15) is 0 Å². The van der Waals surface area contributed by atoms with Crippen molar-refractivity contribution in [3.63, 3.8) is 0 Å². The quantitative estimate of drug-likeness (QED) is 0.536. The maximum absolute atomic E-state index is 8.35. The van der Waals surface area contributed by atoms with Gasteiger partial charge in [-0.3, -0.25) is 0 Å². The number of hydrogen-bond acceptors (Lipinski definition) is 5. The Morgan fingerprint density at radius 2 is 1.29 bits per heavy atom. The summed E-state index contributed by atoms with van der Waals surface area (Å²) in [4.78, 5) is 19.0. The van der Waals surface area contributed by atoms with Gasteiger partial charge in [-0.2, -0.15) is 0 Å². The van der Waals surface area contributed by atoms with Gasteiger partial charge in [0.2, 0.25) is 12.2 Å². The fourth-order valence-corrected chi connectivity index (χ4v) is 1.02. The Kier molecular flexibility index (Phi) is 23.4. The van der Waals surface area contributed by atoms with E-state index in [0.29, 0.717) is 0 Å². The van der Waals surface area contributed by atoms with E-state index in [0.717, 1.165) is 18.2 Å². The molecule has 0 aromatic rings. The molecule has 14 heavy (non-hydrogen) atoms. The van der Waals surface area contributed by atoms with Crippen LogP contribution < -0.4 is 0 Å². The third-order valence-corrected chi connectivity index (χ3v) is 1.67. The first kappa shape index (κ1) is 18.5. The summed E-state index contributed by atoms with van der Waals surface area (Å²) in [5.74, 6) is 0. The van der Waals surface area contributed by atoms with Gasteiger partial charge in [0.05, 0.1) is 0 Å². The highest BCUT2D eigenvalue weighted by Gasteiger charge is 2.02. The second-order valence-corrected chi connectivity index (χ2v) is 2.64. The molecule has 0 aliphatic heterocycles. The van der Waals surface area contributed by atoms with Gasteiger partial charge >= 0.3 is 0 Å². The highest BCUT2D eigenvalue weighted by atomic mass is 16.1. The predicted octanol–water partition coefficient (Wildman–Crippen LogP) is 1.54. The molecule has 0 radical (unpaired) electrons. The van der Waals surface area contributed by atoms with Crippen molar-refractivity contribution in [3.8, 4) is 0 Å². The predicted molar refractivity (Wildman–Crippen MR) is 54.9 cm³/mol. The van der Waals surface area contributed by atoms with Crippen molar-refractivity contribution in [2.45, 2.75) is 32.7 Å². The number of carbonyl (C=O) groups excluding carboxylic acids is 2. The average molecular weight is 201 g/mol. The van der Waals surface area contributed by atoms with Crippen molar-refractivity contribution >= 4 is 12.2 Å². The first-order valence-corrected chi connectivity index (χ1v) is 4.29. The van der Waals surface area contributed by atoms with Gasteiger partial charge in [-0.1, -0.05) is 13.8 Å². The summed E-state index contributed by atoms with van der Waals surface area (Å²) in [6.45, 7) is 4.46. The zero-order valence-corrected chi connectivity index (χ0v) is 9.26. The molecule has 0 aromatic carbocycles. The van der Waals surface area contributed by atoms with Crippen LogP contribution in [-0.4, -0.2) is 37.2 Å². The summed E-state index contributed by atoms with van der Waals surface area (Å²) < 4.78 is 0. The van der Waals surface area contributed by atoms with E-state index < -0.39 is 0 Å². The number of nitrogens with one attached hydrogen (secondary N) is 2. The first-order chi connectivity index (χ1) is 6.55. The van der Waals surface area contributed by atoms with Crippen molar-refractivity contribution in [1.82, 2.24) is 4.90 Å². The maximum Gasteiger partial charge on any atom is 0.231 e. The van der Waals surface area contributed by atoms with Crippen LogP contribution in [0.1, 0.15) is 26.7 Å². The first-order valence-electron chi connectivity index (χ1n) is 4.29. The minimum Gasteiger partial charge on any atom is -0.306 e. The molecular weight excluding hydrogens is 182 g/mol. The largest absolute Gasteiger partial charge is 0.306 e. The van der Waals surface area contributed by atoms with Crippen LogP contribution in [0.15, 0.2) is 0 Å². The Labute approximate surface area is 85.1 Å². The van der Waals surface area contributed by atoms with Gasteiger partial charge in [0, 0.05) is 6.04 Å². The molecule has 0 fully saturated rings. The molecule has 0 amide bonds. The molecule has 0 heterocycles. The Hall–Kier alpha value is -1.28. The van der Waals surface area contributed by atoms with Crippen LogP contribution in [-0.2, 0) is 9.59 Å². The van der Waals surface area contributed by atoms with Crippen LogP contribution >= 0.6 is 0 Å². The topological polar surface area (TPSA) is 85.1 Å². The van der Waals surface area contributed by atoms with Gasteiger partial charge in [0.25, 0.3) is 0 Å². The monoisotopic (exact) mass is 201 g/mol. The number of isocyanates is 2. The molecule has 0 unspecified atom stereocenters. The lowest BCUT2D eigenvalue weighted by Crippen LogP contribution is -2.25. The van der Waals surface area contributed by atoms with E-state index in [1.165, 1.54) is 12.8 Å². The molecule has 0 rings (SSSR count). The highest BCUT2D eigenvalue weighted by molar-refractivity contribution is 5.26. The number of hydrogen-bond donors (Lipinski definition) is 2. The maximum atomic E-state index is 8.35. The van der Waals surface area contributed by atoms with Crippen molar-refractivity contribution in [3.05, 3.63) is 0 Å². The van der Waals surface area contributed by atoms with Crippen molar-refractivity contribution in [2.24, 2.45) is 0 Å². The minimum absolute atomic E-state index is 0.750. The molecule has 5 heteroatoms. The second-order valence-electron chi connectivity index (χ2n) is 2.64. The Morgan fingerprint density at radius 3 is 1.29 bits per heavy atom. The van der Waals surface area contributed by atoms with Crippen LogP contribution in [0.2, 0.25) is 0 Å². The lowest BCUT2D eigenvalue weighted by molar-refractivity contribution is 0.279. The van der Waals surface area contributed by atoms with Crippen LogP contribution in [0.4, 0.5) is 0 Å². The highest BCUT2D eigenvalue weighted by Crippen LogP contribution is 2.01. The van der Waals surface area contributed by atoms with E-state index in [2.05, 4.69) is 32.8 Å². The number of rotatable bonds is 3. The average Bonchev–Trinajstić information content (AvgIpc) is 2.08. The molecule has 2 N–H and O–H groups in total. The van der Waals surface area contributed by atoms with Crippen LogP contribution in [0.25, 0.3) is 0 Å². The Morgan fingerprint density at radius 1 is 1.07 bits per heavy atom. The van der Waals surface area contributed by atoms with E-state index in [-0.39, 0.29) is 0 Å². The van der Waals surface area contributed by atoms with E-state index in [1.54, 1.807) is 0 Å². The van der Waals surface area contributed by atoms with Crippen LogP contribution in [0, 0.1) is 10.8 Å². The zero-order valence-electron chi connectivity index (χ0n) is 9.26. The molecule has 0 aliphatic rings. The summed E-state index contributed by atoms with van der Waals surface area (Å²) >= 11 is 0. The summed E-state index contributed by atoms with van der Waals surface area (Å²) in [6, 6.07) is 0.787. The zero-order chi connectivity index (χ0) is 12.0. The lowest BCUT2D eigenvalue weighted by atomic mass is 10.1. The van der Waals surface area contributed by atoms with Gasteiger partial charge < -0.3 is 4.90 Å². The van der Waals surface area contributed by atoms with Crippen molar-refractivity contribution < 1.29 is 9.59 Å². The molecule has 0 saturated carbocycles. The fourth-order valence-electron chi connectivity index (χ4n) is 1.02. The standard InChI is InChI=1S/C7H17N.2CHNO/c1-5-7(6-2)8(3)4;2*2-1-3/h7H,5-6H2,1-4H3;2*2H. The normalized spacial score (nSPS) is 7.57. The van der Waals surface area contributed by atoms with E-state index in [4.69, 9.17) is 20.4 Å². The number of nitrogens with zero attached hydrogens (tertiary/aromatic N) is 1. The molecule has 0 aromatic heterocycles. The lowest BCUT2D eigenvalue weighted by Gasteiger charge is -2.20. The molecule has 0 bridgehead atoms. The van der Waals surface area contributed by atoms with Crippen molar-refractivity contribution in [2.75, 3.05) is 14.1 Å². The van der Waals surface area contributed by atoms with Gasteiger partial charge in [-0.25, -0.2) is 20.4 Å². The van der Waals surface area contributed by atoms with Crippen molar-refractivity contribution in [1.29, 1.82) is 10.8 Å². The smallest absolute Gasteiger partial charge is 0.231 e. The summed E-state index contributed by atoms with van der Waals surface area (Å²) in [5, 5.41) is 10.8. The van der Waals surface area contributed by atoms with Crippen LogP contribution in [0.5, 0.6) is 0 Å². The van der Waals surface area contributed by atoms with E-state index in [1.807, 2.05) is 0 Å². The SMILES string of the molecule is CCC(CC)N(C)C.N=C=O.N=C=O. The summed E-state index contributed by atoms with van der Waals surface area (Å²) in [6.07, 6.45) is 4.03. The molecule has 0 spiro atoms. The molecular formula is C9H19N3O2. The van der Waals surface area contributed by atoms with Gasteiger partial charge in [0.1, 0.15) is 0 Å². The molecule has 82 valence electrons. The third kappa shape index (κ3) is 22.4. The third-order valence-electron chi connectivity index (χ3n) is 1.67. The molecule has 0 atom stereocenters. The summed E-state index contributed by atoms with van der Waals surface area (Å²) in [5.41, 5.74) is 0. The molecule has 0 aliphatic carbocycles. The minimum atomic E-state index is 0.750. The van der Waals surface area contributed by atoms with E-state index >= 15 is 0 Å². The molecule has 0 saturated heterocycles. The molecule has 5 nitrogen and oxygen atoms in total. The fraction of sp³-hybridized carbons (Fsp3) is 0.778. The Balaban J connectivity index is -0.000000168. The van der Waals surface area contributed by atoms with Gasteiger partial charge in [-0.15, -0.1) is 0 Å².